The van der Waals surface area contributed by atoms with Crippen LogP contribution < -0.4 is 5.73 Å². The van der Waals surface area contributed by atoms with E-state index in [1.54, 1.807) is 0 Å². The Hall–Kier alpha value is -1.57. The van der Waals surface area contributed by atoms with E-state index in [1.807, 2.05) is 0 Å². The van der Waals surface area contributed by atoms with E-state index < -0.39 is 12.4 Å². The van der Waals surface area contributed by atoms with Crippen molar-refractivity contribution in [1.82, 2.24) is 0 Å². The quantitative estimate of drug-likeness (QED) is 0.516. The van der Waals surface area contributed by atoms with Crippen LogP contribution >= 0.6 is 0 Å². The molecule has 1 amide bonds. The van der Waals surface area contributed by atoms with Crippen LogP contribution in [0.15, 0.2) is 0 Å². The molecule has 0 saturated carbocycles. The van der Waals surface area contributed by atoms with Crippen LogP contribution in [0.5, 0.6) is 0 Å². The fourth-order valence-corrected chi connectivity index (χ4v) is 0.0676. The molecule has 0 atom stereocenters. The first kappa shape index (κ1) is 11.3. The molecule has 0 fully saturated rings. The summed E-state index contributed by atoms with van der Waals surface area (Å²) in [5.41, 5.74) is 4.47. The molecule has 0 heterocycles. The Morgan fingerprint density at radius 1 is 1.70 bits per heavy atom. The molecule has 0 aromatic rings. The number of rotatable bonds is 1. The zero-order valence-corrected chi connectivity index (χ0v) is 5.50. The molecule has 10 heavy (non-hydrogen) atoms. The molecule has 0 rings (SSSR count). The third kappa shape index (κ3) is 92.7. The van der Waals surface area contributed by atoms with Gasteiger partial charge in [0.25, 0.3) is 0 Å². The number of carbonyl (C=O) groups is 2. The van der Waals surface area contributed by atoms with Crippen molar-refractivity contribution in [2.24, 2.45) is 5.73 Å². The van der Waals surface area contributed by atoms with Gasteiger partial charge < -0.3 is 10.8 Å². The molecule has 0 radical (unpaired) electrons. The van der Waals surface area contributed by atoms with Crippen LogP contribution in [-0.2, 0) is 9.59 Å². The van der Waals surface area contributed by atoms with E-state index in [0.29, 0.717) is 0 Å². The van der Waals surface area contributed by atoms with Gasteiger partial charge in [0.1, 0.15) is 6.42 Å². The van der Waals surface area contributed by atoms with E-state index >= 15 is 0 Å². The molecule has 0 saturated heterocycles. The van der Waals surface area contributed by atoms with Gasteiger partial charge in [-0.2, -0.15) is 5.26 Å². The molecule has 0 aromatic carbocycles. The molecule has 5 nitrogen and oxygen atoms in total. The summed E-state index contributed by atoms with van der Waals surface area (Å²) >= 11 is 0. The Bertz CT molecular complexity index is 155. The highest BCUT2D eigenvalue weighted by molar-refractivity contribution is 5.70. The third-order valence-electron chi connectivity index (χ3n) is 0.230. The molecular weight excluding hydrogens is 136 g/mol. The lowest BCUT2D eigenvalue weighted by Gasteiger charge is -1.70. The van der Waals surface area contributed by atoms with Crippen LogP contribution in [0.4, 0.5) is 0 Å². The highest BCUT2D eigenvalue weighted by Crippen LogP contribution is 1.68. The van der Waals surface area contributed by atoms with Gasteiger partial charge in [0.05, 0.1) is 6.07 Å². The lowest BCUT2D eigenvalue weighted by atomic mass is 10.5. The minimum absolute atomic E-state index is 0.333. The van der Waals surface area contributed by atoms with Gasteiger partial charge in [-0.05, 0) is 0 Å². The monoisotopic (exact) mass is 144 g/mol. The van der Waals surface area contributed by atoms with Gasteiger partial charge >= 0.3 is 5.97 Å². The summed E-state index contributed by atoms with van der Waals surface area (Å²) in [7, 11) is 0. The average Bonchev–Trinajstić information content (AvgIpc) is 1.62. The maximum Gasteiger partial charge on any atom is 0.317 e. The van der Waals surface area contributed by atoms with Crippen molar-refractivity contribution < 1.29 is 14.7 Å². The van der Waals surface area contributed by atoms with Crippen LogP contribution in [0.25, 0.3) is 0 Å². The molecule has 0 aliphatic rings. The van der Waals surface area contributed by atoms with Crippen LogP contribution in [0.3, 0.4) is 0 Å². The predicted molar refractivity (Wildman–Crippen MR) is 32.7 cm³/mol. The van der Waals surface area contributed by atoms with E-state index in [1.165, 1.54) is 13.0 Å². The van der Waals surface area contributed by atoms with Gasteiger partial charge in [0.2, 0.25) is 5.91 Å². The second-order valence-corrected chi connectivity index (χ2v) is 1.34. The van der Waals surface area contributed by atoms with Crippen molar-refractivity contribution in [3.05, 3.63) is 0 Å². The number of nitriles is 1. The smallest absolute Gasteiger partial charge is 0.317 e. The summed E-state index contributed by atoms with van der Waals surface area (Å²) in [6, 6.07) is 1.47. The van der Waals surface area contributed by atoms with Gasteiger partial charge in [0, 0.05) is 6.92 Å². The van der Waals surface area contributed by atoms with Gasteiger partial charge in [-0.25, -0.2) is 0 Å². The SMILES string of the molecule is CC(N)=O.N#CCC(=O)O. The van der Waals surface area contributed by atoms with Crippen LogP contribution in [0.2, 0.25) is 0 Å². The zero-order chi connectivity index (χ0) is 8.57. The van der Waals surface area contributed by atoms with E-state index in [2.05, 4.69) is 5.73 Å². The van der Waals surface area contributed by atoms with Crippen molar-refractivity contribution in [3.63, 3.8) is 0 Å². The number of carboxylic acid groups (broad SMARTS) is 1. The second kappa shape index (κ2) is 7.43. The van der Waals surface area contributed by atoms with E-state index in [4.69, 9.17) is 10.4 Å². The lowest BCUT2D eigenvalue weighted by molar-refractivity contribution is -0.135. The zero-order valence-electron chi connectivity index (χ0n) is 5.50. The Labute approximate surface area is 58.1 Å². The number of carboxylic acids is 1. The van der Waals surface area contributed by atoms with E-state index in [-0.39, 0.29) is 5.91 Å². The summed E-state index contributed by atoms with van der Waals surface area (Å²) in [6.45, 7) is 1.31. The van der Waals surface area contributed by atoms with E-state index in [0.717, 1.165) is 0 Å². The van der Waals surface area contributed by atoms with Crippen molar-refractivity contribution in [2.75, 3.05) is 0 Å². The summed E-state index contributed by atoms with van der Waals surface area (Å²) in [5, 5.41) is 15.3. The first-order valence-corrected chi connectivity index (χ1v) is 2.35. The number of hydrogen-bond donors (Lipinski definition) is 2. The predicted octanol–water partition coefficient (Wildman–Crippen LogP) is -0.524. The molecule has 56 valence electrons. The van der Waals surface area contributed by atoms with Crippen LogP contribution in [0.1, 0.15) is 13.3 Å². The van der Waals surface area contributed by atoms with Crippen molar-refractivity contribution in [1.29, 1.82) is 5.26 Å². The molecule has 0 aliphatic carbocycles. The van der Waals surface area contributed by atoms with Crippen LogP contribution in [-0.4, -0.2) is 17.0 Å². The minimum atomic E-state index is -1.07. The normalized spacial score (nSPS) is 6.40. The number of hydrogen-bond acceptors (Lipinski definition) is 3. The Balaban J connectivity index is 0. The standard InChI is InChI=1S/C3H3NO2.C2H5NO/c4-2-1-3(5)6;1-2(3)4/h1H2,(H,5,6);1H3,(H2,3,4). The number of carbonyl (C=O) groups excluding carboxylic acids is 1. The first-order valence-electron chi connectivity index (χ1n) is 2.35. The van der Waals surface area contributed by atoms with E-state index in [9.17, 15) is 9.59 Å². The second-order valence-electron chi connectivity index (χ2n) is 1.34. The number of aliphatic carboxylic acids is 1. The average molecular weight is 144 g/mol. The van der Waals surface area contributed by atoms with Gasteiger partial charge in [-0.15, -0.1) is 0 Å². The molecule has 0 bridgehead atoms. The highest BCUT2D eigenvalue weighted by Gasteiger charge is 1.87. The molecular formula is C5H8N2O3. The van der Waals surface area contributed by atoms with Crippen molar-refractivity contribution in [2.45, 2.75) is 13.3 Å². The minimum Gasteiger partial charge on any atom is -0.480 e. The Morgan fingerprint density at radius 2 is 2.00 bits per heavy atom. The summed E-state index contributed by atoms with van der Waals surface area (Å²) < 4.78 is 0. The van der Waals surface area contributed by atoms with Gasteiger partial charge in [-0.1, -0.05) is 0 Å². The molecule has 5 heteroatoms. The van der Waals surface area contributed by atoms with Crippen molar-refractivity contribution >= 4 is 11.9 Å². The summed E-state index contributed by atoms with van der Waals surface area (Å²) in [4.78, 5) is 18.6. The fraction of sp³-hybridized carbons (Fsp3) is 0.400. The Kier molecular flexibility index (Phi) is 8.36. The highest BCUT2D eigenvalue weighted by atomic mass is 16.4. The lowest BCUT2D eigenvalue weighted by Crippen LogP contribution is -2.01. The number of amides is 1. The van der Waals surface area contributed by atoms with Crippen molar-refractivity contribution in [3.8, 4) is 6.07 Å². The molecule has 0 unspecified atom stereocenters. The molecule has 0 aromatic heterocycles. The van der Waals surface area contributed by atoms with Crippen LogP contribution in [0, 0.1) is 11.3 Å². The fourth-order valence-electron chi connectivity index (χ4n) is 0.0676. The molecule has 0 aliphatic heterocycles. The van der Waals surface area contributed by atoms with Gasteiger partial charge in [0.15, 0.2) is 0 Å². The maximum atomic E-state index is 9.38. The molecule has 0 spiro atoms. The summed E-state index contributed by atoms with van der Waals surface area (Å²) in [6.07, 6.45) is -0.403. The number of nitrogens with two attached hydrogens (primary N) is 1. The third-order valence-corrected chi connectivity index (χ3v) is 0.230. The number of primary amides is 1. The first-order chi connectivity index (χ1) is 4.50. The largest absolute Gasteiger partial charge is 0.480 e. The van der Waals surface area contributed by atoms with Gasteiger partial charge in [-0.3, -0.25) is 9.59 Å². The molecule has 3 N–H and O–H groups in total. The number of nitrogens with zero attached hydrogens (tertiary/aromatic N) is 1. The topological polar surface area (TPSA) is 104 Å². The summed E-state index contributed by atoms with van der Waals surface area (Å²) in [5.74, 6) is -1.41. The maximum absolute atomic E-state index is 9.38. The Morgan fingerprint density at radius 3 is 2.00 bits per heavy atom.